The van der Waals surface area contributed by atoms with Crippen molar-refractivity contribution in [3.05, 3.63) is 16.3 Å². The Labute approximate surface area is 100 Å². The van der Waals surface area contributed by atoms with Crippen molar-refractivity contribution >= 4 is 21.4 Å². The van der Waals surface area contributed by atoms with Gasteiger partial charge in [0.25, 0.3) is 0 Å². The number of nitrogens with zero attached hydrogens (tertiary/aromatic N) is 1. The van der Waals surface area contributed by atoms with Gasteiger partial charge in [-0.2, -0.15) is 4.31 Å². The first-order valence-electron chi connectivity index (χ1n) is 5.39. The van der Waals surface area contributed by atoms with E-state index in [1.165, 1.54) is 11.3 Å². The van der Waals surface area contributed by atoms with Crippen LogP contribution in [0.4, 0.5) is 0 Å². The predicted molar refractivity (Wildman–Crippen MR) is 64.8 cm³/mol. The Kier molecular flexibility index (Phi) is 3.34. The van der Waals surface area contributed by atoms with E-state index < -0.39 is 10.0 Å². The summed E-state index contributed by atoms with van der Waals surface area (Å²) in [6.07, 6.45) is 1.97. The third kappa shape index (κ3) is 2.15. The third-order valence-electron chi connectivity index (χ3n) is 2.70. The molecule has 1 aliphatic carbocycles. The maximum Gasteiger partial charge on any atom is 0.244 e. The maximum atomic E-state index is 12.3. The first kappa shape index (κ1) is 12.0. The molecule has 1 aromatic rings. The molecule has 1 aromatic heterocycles. The van der Waals surface area contributed by atoms with Crippen LogP contribution in [0, 0.1) is 0 Å². The van der Waals surface area contributed by atoms with Gasteiger partial charge in [-0.3, -0.25) is 0 Å². The second-order valence-electron chi connectivity index (χ2n) is 3.89. The highest BCUT2D eigenvalue weighted by molar-refractivity contribution is 7.89. The van der Waals surface area contributed by atoms with Crippen LogP contribution >= 0.6 is 11.3 Å². The van der Waals surface area contributed by atoms with Gasteiger partial charge in [0, 0.05) is 29.4 Å². The van der Waals surface area contributed by atoms with Crippen molar-refractivity contribution in [1.29, 1.82) is 0 Å². The molecule has 0 unspecified atom stereocenters. The smallest absolute Gasteiger partial charge is 0.244 e. The van der Waals surface area contributed by atoms with Gasteiger partial charge in [-0.25, -0.2) is 8.42 Å². The average Bonchev–Trinajstić information content (AvgIpc) is 2.95. The normalized spacial score (nSPS) is 16.9. The Morgan fingerprint density at radius 1 is 1.56 bits per heavy atom. The van der Waals surface area contributed by atoms with E-state index in [1.54, 1.807) is 15.8 Å². The molecule has 1 aliphatic rings. The Hall–Kier alpha value is -0.430. The highest BCUT2D eigenvalue weighted by Crippen LogP contribution is 2.32. The lowest BCUT2D eigenvalue weighted by Crippen LogP contribution is -2.32. The molecule has 1 saturated carbocycles. The molecule has 2 N–H and O–H groups in total. The summed E-state index contributed by atoms with van der Waals surface area (Å²) in [5, 5.41) is 1.68. The molecule has 1 heterocycles. The molecule has 16 heavy (non-hydrogen) atoms. The topological polar surface area (TPSA) is 63.4 Å². The van der Waals surface area contributed by atoms with E-state index >= 15 is 0 Å². The first-order chi connectivity index (χ1) is 7.59. The Balaban J connectivity index is 2.29. The van der Waals surface area contributed by atoms with Crippen LogP contribution in [0.2, 0.25) is 0 Å². The van der Waals surface area contributed by atoms with Gasteiger partial charge in [-0.1, -0.05) is 6.92 Å². The zero-order chi connectivity index (χ0) is 11.8. The molecule has 0 saturated heterocycles. The van der Waals surface area contributed by atoms with Crippen molar-refractivity contribution in [3.8, 4) is 0 Å². The monoisotopic (exact) mass is 260 g/mol. The predicted octanol–water partition coefficient (Wildman–Crippen LogP) is 1.38. The summed E-state index contributed by atoms with van der Waals surface area (Å²) < 4.78 is 26.1. The van der Waals surface area contributed by atoms with E-state index in [4.69, 9.17) is 5.73 Å². The molecule has 0 amide bonds. The second kappa shape index (κ2) is 4.44. The van der Waals surface area contributed by atoms with Gasteiger partial charge in [-0.15, -0.1) is 11.3 Å². The van der Waals surface area contributed by atoms with Gasteiger partial charge < -0.3 is 5.73 Å². The SMILES string of the molecule is CCN(C1CC1)S(=O)(=O)c1csc(CN)c1. The third-order valence-corrected chi connectivity index (χ3v) is 5.82. The lowest BCUT2D eigenvalue weighted by molar-refractivity contribution is 0.421. The average molecular weight is 260 g/mol. The number of hydrogen-bond donors (Lipinski definition) is 1. The van der Waals surface area contributed by atoms with Crippen molar-refractivity contribution in [2.45, 2.75) is 37.2 Å². The molecule has 4 nitrogen and oxygen atoms in total. The van der Waals surface area contributed by atoms with Crippen LogP contribution in [0.15, 0.2) is 16.3 Å². The van der Waals surface area contributed by atoms with E-state index in [9.17, 15) is 8.42 Å². The lowest BCUT2D eigenvalue weighted by atomic mass is 10.5. The van der Waals surface area contributed by atoms with Crippen LogP contribution in [-0.4, -0.2) is 25.3 Å². The fourth-order valence-electron chi connectivity index (χ4n) is 1.73. The first-order valence-corrected chi connectivity index (χ1v) is 7.71. The highest BCUT2D eigenvalue weighted by atomic mass is 32.2. The summed E-state index contributed by atoms with van der Waals surface area (Å²) in [5.41, 5.74) is 5.49. The van der Waals surface area contributed by atoms with Gasteiger partial charge in [0.15, 0.2) is 0 Å². The quantitative estimate of drug-likeness (QED) is 0.870. The molecule has 0 atom stereocenters. The minimum atomic E-state index is -3.29. The van der Waals surface area contributed by atoms with E-state index in [-0.39, 0.29) is 6.04 Å². The van der Waals surface area contributed by atoms with Crippen LogP contribution < -0.4 is 5.73 Å². The van der Waals surface area contributed by atoms with Crippen LogP contribution in [0.1, 0.15) is 24.6 Å². The van der Waals surface area contributed by atoms with E-state index in [1.807, 2.05) is 6.92 Å². The van der Waals surface area contributed by atoms with Crippen LogP contribution in [0.3, 0.4) is 0 Å². The van der Waals surface area contributed by atoms with Gasteiger partial charge in [0.1, 0.15) is 0 Å². The Morgan fingerprint density at radius 3 is 2.69 bits per heavy atom. The molecule has 6 heteroatoms. The molecular weight excluding hydrogens is 244 g/mol. The van der Waals surface area contributed by atoms with E-state index in [0.717, 1.165) is 17.7 Å². The number of rotatable bonds is 5. The molecular formula is C10H16N2O2S2. The minimum Gasteiger partial charge on any atom is -0.326 e. The molecule has 0 spiro atoms. The van der Waals surface area contributed by atoms with Crippen LogP contribution in [0.5, 0.6) is 0 Å². The van der Waals surface area contributed by atoms with Gasteiger partial charge in [-0.05, 0) is 18.9 Å². The minimum absolute atomic E-state index is 0.219. The van der Waals surface area contributed by atoms with E-state index in [0.29, 0.717) is 18.0 Å². The van der Waals surface area contributed by atoms with Crippen molar-refractivity contribution < 1.29 is 8.42 Å². The molecule has 1 fully saturated rings. The van der Waals surface area contributed by atoms with Gasteiger partial charge in [0.05, 0.1) is 4.90 Å². The second-order valence-corrected chi connectivity index (χ2v) is 6.78. The molecule has 0 radical (unpaired) electrons. The highest BCUT2D eigenvalue weighted by Gasteiger charge is 2.37. The number of thiophene rings is 1. The van der Waals surface area contributed by atoms with Crippen molar-refractivity contribution in [1.82, 2.24) is 4.31 Å². The van der Waals surface area contributed by atoms with Crippen molar-refractivity contribution in [2.24, 2.45) is 5.73 Å². The molecule has 2 rings (SSSR count). The van der Waals surface area contributed by atoms with Gasteiger partial charge >= 0.3 is 0 Å². The Bertz CT molecular complexity index is 463. The summed E-state index contributed by atoms with van der Waals surface area (Å²) in [5.74, 6) is 0. The zero-order valence-corrected chi connectivity index (χ0v) is 10.9. The Morgan fingerprint density at radius 2 is 2.25 bits per heavy atom. The summed E-state index contributed by atoms with van der Waals surface area (Å²) in [6.45, 7) is 2.82. The maximum absolute atomic E-state index is 12.3. The fourth-order valence-corrected chi connectivity index (χ4v) is 4.56. The fraction of sp³-hybridized carbons (Fsp3) is 0.600. The van der Waals surface area contributed by atoms with Crippen LogP contribution in [-0.2, 0) is 16.6 Å². The number of sulfonamides is 1. The van der Waals surface area contributed by atoms with Crippen molar-refractivity contribution in [2.75, 3.05) is 6.54 Å². The summed E-state index contributed by atoms with van der Waals surface area (Å²) in [7, 11) is -3.29. The molecule has 0 aromatic carbocycles. The molecule has 0 bridgehead atoms. The van der Waals surface area contributed by atoms with E-state index in [2.05, 4.69) is 0 Å². The number of hydrogen-bond acceptors (Lipinski definition) is 4. The number of nitrogens with two attached hydrogens (primary N) is 1. The zero-order valence-electron chi connectivity index (χ0n) is 9.22. The van der Waals surface area contributed by atoms with Crippen molar-refractivity contribution in [3.63, 3.8) is 0 Å². The largest absolute Gasteiger partial charge is 0.326 e. The molecule has 0 aliphatic heterocycles. The summed E-state index contributed by atoms with van der Waals surface area (Å²) in [4.78, 5) is 1.30. The van der Waals surface area contributed by atoms with Crippen LogP contribution in [0.25, 0.3) is 0 Å². The standard InChI is InChI=1S/C10H16N2O2S2/c1-2-12(8-3-4-8)16(13,14)10-5-9(6-11)15-7-10/h5,7-8H,2-4,6,11H2,1H3. The summed E-state index contributed by atoms with van der Waals surface area (Å²) in [6, 6.07) is 1.90. The van der Waals surface area contributed by atoms with Gasteiger partial charge in [0.2, 0.25) is 10.0 Å². The molecule has 90 valence electrons. The summed E-state index contributed by atoms with van der Waals surface area (Å²) >= 11 is 1.41. The lowest BCUT2D eigenvalue weighted by Gasteiger charge is -2.18.